The molecule has 6 heteroatoms. The van der Waals surface area contributed by atoms with Crippen molar-refractivity contribution in [1.29, 1.82) is 0 Å². The Morgan fingerprint density at radius 2 is 1.50 bits per heavy atom. The van der Waals surface area contributed by atoms with E-state index < -0.39 is 12.0 Å². The maximum Gasteiger partial charge on any atom is 0.411 e. The average Bonchev–Trinajstić information content (AvgIpc) is 2.71. The molecule has 6 nitrogen and oxygen atoms in total. The van der Waals surface area contributed by atoms with Gasteiger partial charge in [0.05, 0.1) is 12.7 Å². The number of hydrogen-bond acceptors (Lipinski definition) is 4. The van der Waals surface area contributed by atoms with Gasteiger partial charge in [-0.2, -0.15) is 0 Å². The number of amides is 2. The van der Waals surface area contributed by atoms with Crippen molar-refractivity contribution >= 4 is 23.4 Å². The van der Waals surface area contributed by atoms with Crippen molar-refractivity contribution in [1.82, 2.24) is 0 Å². The van der Waals surface area contributed by atoms with Gasteiger partial charge in [-0.15, -0.1) is 0 Å². The number of methoxy groups -OCH3 is 1. The van der Waals surface area contributed by atoms with Gasteiger partial charge in [0.1, 0.15) is 5.75 Å². The lowest BCUT2D eigenvalue weighted by Gasteiger charge is -2.10. The molecule has 0 radical (unpaired) electrons. The number of hydrogen-bond donors (Lipinski definition) is 3. The highest BCUT2D eigenvalue weighted by molar-refractivity contribution is 6.06. The fourth-order valence-electron chi connectivity index (χ4n) is 2.71. The van der Waals surface area contributed by atoms with Crippen molar-refractivity contribution in [3.63, 3.8) is 0 Å². The summed E-state index contributed by atoms with van der Waals surface area (Å²) in [5.74, 6) is -0.501. The number of phenols is 1. The zero-order valence-electron chi connectivity index (χ0n) is 15.3. The van der Waals surface area contributed by atoms with Crippen LogP contribution >= 0.6 is 0 Å². The molecule has 0 saturated carbocycles. The Morgan fingerprint density at radius 1 is 0.857 bits per heavy atom. The Bertz CT molecular complexity index is 970. The second-order valence-corrected chi connectivity index (χ2v) is 6.16. The summed E-state index contributed by atoms with van der Waals surface area (Å²) >= 11 is 0. The monoisotopic (exact) mass is 376 g/mol. The van der Waals surface area contributed by atoms with Crippen LogP contribution in [0.2, 0.25) is 0 Å². The Balaban J connectivity index is 1.71. The largest absolute Gasteiger partial charge is 0.507 e. The molecule has 0 spiro atoms. The van der Waals surface area contributed by atoms with Crippen molar-refractivity contribution in [3.8, 4) is 5.75 Å². The van der Waals surface area contributed by atoms with Crippen LogP contribution in [0.15, 0.2) is 72.8 Å². The van der Waals surface area contributed by atoms with Crippen LogP contribution < -0.4 is 10.6 Å². The first-order valence-corrected chi connectivity index (χ1v) is 8.67. The molecule has 2 amide bonds. The number of benzene rings is 3. The van der Waals surface area contributed by atoms with Gasteiger partial charge >= 0.3 is 6.09 Å². The van der Waals surface area contributed by atoms with E-state index >= 15 is 0 Å². The van der Waals surface area contributed by atoms with Crippen LogP contribution in [0, 0.1) is 0 Å². The molecule has 3 rings (SSSR count). The van der Waals surface area contributed by atoms with E-state index in [1.54, 1.807) is 36.4 Å². The minimum absolute atomic E-state index is 0.0849. The molecule has 0 atom stereocenters. The third-order valence-electron chi connectivity index (χ3n) is 4.13. The standard InChI is InChI=1S/C22H20N2O4/c1-28-22(27)24-18-10-8-17(9-11-18)23-21(26)19-14-16(7-12-20(19)25)13-15-5-3-2-4-6-15/h2-12,14,25H,13H2,1H3,(H,23,26)(H,24,27). The van der Waals surface area contributed by atoms with Crippen LogP contribution in [0.4, 0.5) is 16.2 Å². The van der Waals surface area contributed by atoms with Crippen molar-refractivity contribution in [2.75, 3.05) is 17.7 Å². The summed E-state index contributed by atoms with van der Waals surface area (Å²) < 4.78 is 4.53. The zero-order valence-corrected chi connectivity index (χ0v) is 15.3. The molecule has 0 aromatic heterocycles. The molecule has 0 bridgehead atoms. The molecule has 0 fully saturated rings. The molecular formula is C22H20N2O4. The summed E-state index contributed by atoms with van der Waals surface area (Å²) in [6.45, 7) is 0. The van der Waals surface area contributed by atoms with Crippen molar-refractivity contribution in [2.45, 2.75) is 6.42 Å². The van der Waals surface area contributed by atoms with E-state index in [0.29, 0.717) is 17.8 Å². The lowest BCUT2D eigenvalue weighted by molar-refractivity contribution is 0.102. The normalized spacial score (nSPS) is 10.2. The van der Waals surface area contributed by atoms with E-state index in [-0.39, 0.29) is 11.3 Å². The van der Waals surface area contributed by atoms with Gasteiger partial charge in [-0.3, -0.25) is 10.1 Å². The predicted molar refractivity (Wildman–Crippen MR) is 108 cm³/mol. The van der Waals surface area contributed by atoms with Gasteiger partial charge in [0.25, 0.3) is 5.91 Å². The molecule has 0 unspecified atom stereocenters. The predicted octanol–water partition coefficient (Wildman–Crippen LogP) is 4.41. The van der Waals surface area contributed by atoms with E-state index in [2.05, 4.69) is 15.4 Å². The highest BCUT2D eigenvalue weighted by Gasteiger charge is 2.13. The Kier molecular flexibility index (Phi) is 5.91. The van der Waals surface area contributed by atoms with E-state index in [1.807, 2.05) is 30.3 Å². The maximum absolute atomic E-state index is 12.6. The number of anilines is 2. The van der Waals surface area contributed by atoms with Crippen molar-refractivity contribution in [3.05, 3.63) is 89.5 Å². The van der Waals surface area contributed by atoms with Crippen LogP contribution in [-0.2, 0) is 11.2 Å². The Hall–Kier alpha value is -3.80. The van der Waals surface area contributed by atoms with E-state index in [0.717, 1.165) is 11.1 Å². The number of nitrogens with one attached hydrogen (secondary N) is 2. The molecule has 3 aromatic rings. The number of rotatable bonds is 5. The first-order valence-electron chi connectivity index (χ1n) is 8.67. The minimum atomic E-state index is -0.572. The van der Waals surface area contributed by atoms with Gasteiger partial charge in [-0.05, 0) is 53.9 Å². The smallest absolute Gasteiger partial charge is 0.411 e. The fraction of sp³-hybridized carbons (Fsp3) is 0.0909. The number of carbonyl (C=O) groups is 2. The van der Waals surface area contributed by atoms with Crippen LogP contribution in [0.1, 0.15) is 21.5 Å². The molecule has 3 N–H and O–H groups in total. The van der Waals surface area contributed by atoms with E-state index in [9.17, 15) is 14.7 Å². The molecule has 3 aromatic carbocycles. The molecule has 0 heterocycles. The zero-order chi connectivity index (χ0) is 19.9. The quantitative estimate of drug-likeness (QED) is 0.615. The molecule has 142 valence electrons. The Morgan fingerprint density at radius 3 is 2.14 bits per heavy atom. The SMILES string of the molecule is COC(=O)Nc1ccc(NC(=O)c2cc(Cc3ccccc3)ccc2O)cc1. The van der Waals surface area contributed by atoms with Crippen LogP contribution in [0.5, 0.6) is 5.75 Å². The summed E-state index contributed by atoms with van der Waals surface area (Å²) in [5.41, 5.74) is 3.32. The molecule has 0 aliphatic heterocycles. The summed E-state index contributed by atoms with van der Waals surface area (Å²) in [6, 6.07) is 21.5. The van der Waals surface area contributed by atoms with E-state index in [4.69, 9.17) is 0 Å². The number of carbonyl (C=O) groups excluding carboxylic acids is 2. The molecule has 0 aliphatic rings. The van der Waals surface area contributed by atoms with Crippen molar-refractivity contribution < 1.29 is 19.4 Å². The maximum atomic E-state index is 12.6. The third kappa shape index (κ3) is 4.88. The molecule has 0 aliphatic carbocycles. The molecular weight excluding hydrogens is 356 g/mol. The third-order valence-corrected chi connectivity index (χ3v) is 4.13. The van der Waals surface area contributed by atoms with Crippen LogP contribution in [-0.4, -0.2) is 24.2 Å². The number of ether oxygens (including phenoxy) is 1. The second kappa shape index (κ2) is 8.73. The van der Waals surface area contributed by atoms with Gasteiger partial charge < -0.3 is 15.2 Å². The van der Waals surface area contributed by atoms with Crippen LogP contribution in [0.3, 0.4) is 0 Å². The van der Waals surface area contributed by atoms with Gasteiger partial charge in [0, 0.05) is 11.4 Å². The van der Waals surface area contributed by atoms with E-state index in [1.165, 1.54) is 13.2 Å². The topological polar surface area (TPSA) is 87.7 Å². The summed E-state index contributed by atoms with van der Waals surface area (Å²) in [7, 11) is 1.28. The van der Waals surface area contributed by atoms with Gasteiger partial charge in [-0.25, -0.2) is 4.79 Å². The first kappa shape index (κ1) is 19.0. The minimum Gasteiger partial charge on any atom is -0.507 e. The summed E-state index contributed by atoms with van der Waals surface area (Å²) in [6.07, 6.45) is 0.0897. The number of aromatic hydroxyl groups is 1. The lowest BCUT2D eigenvalue weighted by atomic mass is 10.0. The lowest BCUT2D eigenvalue weighted by Crippen LogP contribution is -2.13. The molecule has 0 saturated heterocycles. The van der Waals surface area contributed by atoms with Gasteiger partial charge in [0.2, 0.25) is 0 Å². The van der Waals surface area contributed by atoms with Crippen molar-refractivity contribution in [2.24, 2.45) is 0 Å². The summed E-state index contributed by atoms with van der Waals surface area (Å²) in [5, 5.41) is 15.4. The van der Waals surface area contributed by atoms with Gasteiger partial charge in [-0.1, -0.05) is 36.4 Å². The second-order valence-electron chi connectivity index (χ2n) is 6.16. The first-order chi connectivity index (χ1) is 13.5. The molecule has 28 heavy (non-hydrogen) atoms. The fourth-order valence-corrected chi connectivity index (χ4v) is 2.71. The highest BCUT2D eigenvalue weighted by Crippen LogP contribution is 2.22. The highest BCUT2D eigenvalue weighted by atomic mass is 16.5. The van der Waals surface area contributed by atoms with Crippen LogP contribution in [0.25, 0.3) is 0 Å². The Labute approximate surface area is 162 Å². The number of phenolic OH excluding ortho intramolecular Hbond substituents is 1. The average molecular weight is 376 g/mol. The summed E-state index contributed by atoms with van der Waals surface area (Å²) in [4.78, 5) is 23.8. The van der Waals surface area contributed by atoms with Gasteiger partial charge in [0.15, 0.2) is 0 Å².